The maximum Gasteiger partial charge on any atom is 0.169 e. The van der Waals surface area contributed by atoms with Crippen LogP contribution in [0.3, 0.4) is 0 Å². The summed E-state index contributed by atoms with van der Waals surface area (Å²) in [6.07, 6.45) is 2.31. The first-order valence-electron chi connectivity index (χ1n) is 4.92. The highest BCUT2D eigenvalue weighted by Gasteiger charge is 2.48. The minimum Gasteiger partial charge on any atom is -0.292 e. The smallest absolute Gasteiger partial charge is 0.169 e. The lowest BCUT2D eigenvalue weighted by Gasteiger charge is -2.44. The van der Waals surface area contributed by atoms with Gasteiger partial charge in [-0.1, -0.05) is 6.92 Å². The summed E-state index contributed by atoms with van der Waals surface area (Å²) < 4.78 is 13.6. The van der Waals surface area contributed by atoms with Gasteiger partial charge in [0.25, 0.3) is 0 Å². The van der Waals surface area contributed by atoms with Crippen LogP contribution in [0.15, 0.2) is 0 Å². The van der Waals surface area contributed by atoms with E-state index in [-0.39, 0.29) is 5.54 Å². The molecule has 0 radical (unpaired) electrons. The van der Waals surface area contributed by atoms with Gasteiger partial charge in [0, 0.05) is 13.1 Å². The van der Waals surface area contributed by atoms with Crippen LogP contribution in [0.25, 0.3) is 0 Å². The molecule has 2 aliphatic heterocycles. The third-order valence-corrected chi connectivity index (χ3v) is 3.46. The molecule has 2 heterocycles. The topological polar surface area (TPSA) is 15.3 Å². The Morgan fingerprint density at radius 2 is 2.42 bits per heavy atom. The molecule has 2 saturated heterocycles. The number of halogens is 1. The van der Waals surface area contributed by atoms with Crippen molar-refractivity contribution in [1.82, 2.24) is 10.2 Å². The largest absolute Gasteiger partial charge is 0.292 e. The van der Waals surface area contributed by atoms with Crippen LogP contribution < -0.4 is 5.32 Å². The molecule has 0 bridgehead atoms. The number of hydrogen-bond donors (Lipinski definition) is 1. The van der Waals surface area contributed by atoms with E-state index in [2.05, 4.69) is 17.1 Å². The highest BCUT2D eigenvalue weighted by atomic mass is 19.1. The molecule has 0 aliphatic carbocycles. The van der Waals surface area contributed by atoms with Gasteiger partial charge in [-0.2, -0.15) is 0 Å². The van der Waals surface area contributed by atoms with Crippen molar-refractivity contribution < 1.29 is 4.39 Å². The number of fused-ring (bicyclic) bond motifs is 1. The Balaban J connectivity index is 2.20. The van der Waals surface area contributed by atoms with Gasteiger partial charge in [-0.05, 0) is 25.8 Å². The zero-order valence-electron chi connectivity index (χ0n) is 7.65. The third-order valence-electron chi connectivity index (χ3n) is 3.46. The summed E-state index contributed by atoms with van der Waals surface area (Å²) in [6.45, 7) is 5.02. The minimum atomic E-state index is -0.807. The lowest BCUT2D eigenvalue weighted by Crippen LogP contribution is -2.62. The second-order valence-corrected chi connectivity index (χ2v) is 3.86. The molecule has 2 rings (SSSR count). The van der Waals surface area contributed by atoms with Crippen molar-refractivity contribution in [2.24, 2.45) is 0 Å². The fraction of sp³-hybridized carbons (Fsp3) is 1.00. The summed E-state index contributed by atoms with van der Waals surface area (Å²) in [5.74, 6) is 0. The van der Waals surface area contributed by atoms with Gasteiger partial charge in [0.05, 0.1) is 5.54 Å². The van der Waals surface area contributed by atoms with E-state index in [0.29, 0.717) is 0 Å². The zero-order valence-corrected chi connectivity index (χ0v) is 7.65. The lowest BCUT2D eigenvalue weighted by molar-refractivity contribution is -0.00712. The number of alkyl halides is 1. The first-order chi connectivity index (χ1) is 5.79. The molecule has 0 aromatic heterocycles. The zero-order chi connectivity index (χ0) is 8.60. The van der Waals surface area contributed by atoms with Gasteiger partial charge in [0.2, 0.25) is 0 Å². The Bertz CT molecular complexity index is 174. The van der Waals surface area contributed by atoms with Crippen molar-refractivity contribution in [2.45, 2.75) is 38.0 Å². The lowest BCUT2D eigenvalue weighted by atomic mass is 9.90. The maximum atomic E-state index is 13.6. The molecule has 0 spiro atoms. The van der Waals surface area contributed by atoms with Crippen molar-refractivity contribution >= 4 is 0 Å². The summed E-state index contributed by atoms with van der Waals surface area (Å²) in [7, 11) is 0. The van der Waals surface area contributed by atoms with E-state index in [1.54, 1.807) is 0 Å². The molecule has 2 nitrogen and oxygen atoms in total. The van der Waals surface area contributed by atoms with Crippen LogP contribution in [0, 0.1) is 0 Å². The van der Waals surface area contributed by atoms with Crippen LogP contribution in [0.1, 0.15) is 26.2 Å². The van der Waals surface area contributed by atoms with E-state index in [0.717, 1.165) is 38.9 Å². The maximum absolute atomic E-state index is 13.6. The Labute approximate surface area is 73.1 Å². The summed E-state index contributed by atoms with van der Waals surface area (Å²) in [5.41, 5.74) is -0.155. The number of nitrogens with zero attached hydrogens (tertiary/aromatic N) is 1. The fourth-order valence-electron chi connectivity index (χ4n) is 2.67. The predicted molar refractivity (Wildman–Crippen MR) is 46.7 cm³/mol. The van der Waals surface area contributed by atoms with Crippen LogP contribution >= 0.6 is 0 Å². The Kier molecular flexibility index (Phi) is 2.09. The molecule has 12 heavy (non-hydrogen) atoms. The highest BCUT2D eigenvalue weighted by molar-refractivity contribution is 5.02. The molecule has 0 amide bonds. The van der Waals surface area contributed by atoms with Gasteiger partial charge in [0.1, 0.15) is 0 Å². The van der Waals surface area contributed by atoms with Crippen LogP contribution in [-0.4, -0.2) is 36.4 Å². The van der Waals surface area contributed by atoms with Crippen molar-refractivity contribution in [1.29, 1.82) is 0 Å². The molecule has 0 aromatic rings. The first kappa shape index (κ1) is 8.45. The van der Waals surface area contributed by atoms with Gasteiger partial charge in [-0.25, -0.2) is 4.39 Å². The summed E-state index contributed by atoms with van der Waals surface area (Å²) in [6, 6.07) is 0. The average molecular weight is 172 g/mol. The number of nitrogens with one attached hydrogen (secondary N) is 1. The quantitative estimate of drug-likeness (QED) is 0.596. The molecule has 1 N–H and O–H groups in total. The van der Waals surface area contributed by atoms with Gasteiger partial charge in [-0.15, -0.1) is 0 Å². The SMILES string of the molecule is CC[C@]12CCCN1CCNC2F. The molecule has 0 saturated carbocycles. The molecular weight excluding hydrogens is 155 g/mol. The number of piperazine rings is 1. The second kappa shape index (κ2) is 2.96. The normalized spacial score (nSPS) is 43.0. The van der Waals surface area contributed by atoms with Crippen LogP contribution in [-0.2, 0) is 0 Å². The minimum absolute atomic E-state index is 0.155. The molecule has 70 valence electrons. The standard InChI is InChI=1S/C9H17FN2/c1-2-9-4-3-6-12(9)7-5-11-8(9)10/h8,11H,2-7H2,1H3/t8?,9-/m1/s1. The van der Waals surface area contributed by atoms with Gasteiger partial charge in [-0.3, -0.25) is 10.2 Å². The van der Waals surface area contributed by atoms with E-state index in [9.17, 15) is 4.39 Å². The molecule has 1 unspecified atom stereocenters. The monoisotopic (exact) mass is 172 g/mol. The van der Waals surface area contributed by atoms with E-state index in [4.69, 9.17) is 0 Å². The molecule has 2 atom stereocenters. The highest BCUT2D eigenvalue weighted by Crippen LogP contribution is 2.37. The van der Waals surface area contributed by atoms with Crippen molar-refractivity contribution in [3.63, 3.8) is 0 Å². The predicted octanol–water partition coefficient (Wildman–Crippen LogP) is 1.13. The first-order valence-corrected chi connectivity index (χ1v) is 4.92. The van der Waals surface area contributed by atoms with Crippen LogP contribution in [0.4, 0.5) is 4.39 Å². The van der Waals surface area contributed by atoms with E-state index in [1.165, 1.54) is 0 Å². The Morgan fingerprint density at radius 1 is 1.58 bits per heavy atom. The summed E-state index contributed by atoms with van der Waals surface area (Å²) >= 11 is 0. The van der Waals surface area contributed by atoms with Gasteiger partial charge in [0.15, 0.2) is 6.30 Å². The van der Waals surface area contributed by atoms with E-state index >= 15 is 0 Å². The Morgan fingerprint density at radius 3 is 3.08 bits per heavy atom. The molecular formula is C9H17FN2. The van der Waals surface area contributed by atoms with Crippen LogP contribution in [0.2, 0.25) is 0 Å². The van der Waals surface area contributed by atoms with Gasteiger partial charge < -0.3 is 0 Å². The summed E-state index contributed by atoms with van der Waals surface area (Å²) in [5, 5.41) is 2.94. The van der Waals surface area contributed by atoms with Gasteiger partial charge >= 0.3 is 0 Å². The van der Waals surface area contributed by atoms with Crippen molar-refractivity contribution in [3.05, 3.63) is 0 Å². The molecule has 0 aromatic carbocycles. The average Bonchev–Trinajstić information content (AvgIpc) is 2.50. The second-order valence-electron chi connectivity index (χ2n) is 3.86. The third kappa shape index (κ3) is 0.995. The van der Waals surface area contributed by atoms with Crippen LogP contribution in [0.5, 0.6) is 0 Å². The van der Waals surface area contributed by atoms with Crippen molar-refractivity contribution in [3.8, 4) is 0 Å². The summed E-state index contributed by atoms with van der Waals surface area (Å²) in [4.78, 5) is 2.33. The molecule has 2 fully saturated rings. The number of hydrogen-bond acceptors (Lipinski definition) is 2. The number of rotatable bonds is 1. The fourth-order valence-corrected chi connectivity index (χ4v) is 2.67. The Hall–Kier alpha value is -0.150. The molecule has 3 heteroatoms. The molecule has 2 aliphatic rings. The van der Waals surface area contributed by atoms with E-state index < -0.39 is 6.30 Å². The van der Waals surface area contributed by atoms with Crippen molar-refractivity contribution in [2.75, 3.05) is 19.6 Å². The van der Waals surface area contributed by atoms with E-state index in [1.807, 2.05) is 0 Å².